The minimum atomic E-state index is -0.0677. The molecule has 0 unspecified atom stereocenters. The zero-order valence-corrected chi connectivity index (χ0v) is 16.8. The van der Waals surface area contributed by atoms with Gasteiger partial charge in [0.1, 0.15) is 0 Å². The highest BCUT2D eigenvalue weighted by Crippen LogP contribution is 2.21. The maximum atomic E-state index is 13.0. The molecule has 0 aromatic heterocycles. The molecule has 1 fully saturated rings. The summed E-state index contributed by atoms with van der Waals surface area (Å²) < 4.78 is 0. The van der Waals surface area contributed by atoms with Crippen molar-refractivity contribution >= 4 is 39.9 Å². The minimum absolute atomic E-state index is 0.0568. The van der Waals surface area contributed by atoms with Crippen LogP contribution in [0.4, 0.5) is 5.69 Å². The van der Waals surface area contributed by atoms with Gasteiger partial charge in [-0.05, 0) is 29.0 Å². The topological polar surface area (TPSA) is 53.9 Å². The highest BCUT2D eigenvalue weighted by Gasteiger charge is 2.26. The van der Waals surface area contributed by atoms with Crippen LogP contribution in [0, 0.1) is 0 Å². The maximum Gasteiger partial charge on any atom is 0.279 e. The first kappa shape index (κ1) is 19.4. The van der Waals surface area contributed by atoms with Crippen molar-refractivity contribution in [2.75, 3.05) is 38.0 Å². The molecule has 0 bridgehead atoms. The van der Waals surface area contributed by atoms with Gasteiger partial charge in [-0.1, -0.05) is 60.1 Å². The Labute approximate surface area is 174 Å². The van der Waals surface area contributed by atoms with E-state index in [2.05, 4.69) is 5.32 Å². The minimum Gasteiger partial charge on any atom is -0.327 e. The Morgan fingerprint density at radius 1 is 0.931 bits per heavy atom. The molecule has 6 heteroatoms. The van der Waals surface area contributed by atoms with E-state index >= 15 is 0 Å². The lowest BCUT2D eigenvalue weighted by atomic mass is 10.0. The zero-order chi connectivity index (χ0) is 20.2. The van der Waals surface area contributed by atoms with Gasteiger partial charge < -0.3 is 15.1 Å². The number of carbonyl (C=O) groups excluding carboxylic acids is 2. The van der Waals surface area contributed by atoms with E-state index in [1.807, 2.05) is 59.5 Å². The van der Waals surface area contributed by atoms with Gasteiger partial charge in [0.15, 0.2) is 6.54 Å². The number of hydrogen-bond acceptors (Lipinski definition) is 2. The van der Waals surface area contributed by atoms with Crippen LogP contribution in [0.2, 0.25) is 5.02 Å². The van der Waals surface area contributed by atoms with E-state index in [1.54, 1.807) is 12.1 Å². The number of benzene rings is 3. The number of halogens is 1. The fraction of sp³-hybridized carbons (Fsp3) is 0.217. The molecule has 1 aliphatic heterocycles. The third-order valence-corrected chi connectivity index (χ3v) is 5.67. The van der Waals surface area contributed by atoms with Crippen LogP contribution in [0.3, 0.4) is 0 Å². The van der Waals surface area contributed by atoms with Gasteiger partial charge in [0.2, 0.25) is 0 Å². The second-order valence-corrected chi connectivity index (χ2v) is 7.68. The van der Waals surface area contributed by atoms with E-state index in [0.29, 0.717) is 30.3 Å². The number of amides is 2. The second kappa shape index (κ2) is 8.64. The van der Waals surface area contributed by atoms with Gasteiger partial charge in [-0.3, -0.25) is 9.59 Å². The standard InChI is InChI=1S/C23H22ClN3O2/c24-20-10-3-4-11-21(20)25-22(28)16-26-12-14-27(15-13-26)23(29)19-9-5-7-17-6-1-2-8-18(17)19/h1-11H,12-16H2,(H,25,28)/p+1. The van der Waals surface area contributed by atoms with Crippen molar-refractivity contribution in [1.82, 2.24) is 4.90 Å². The Hall–Kier alpha value is -2.89. The van der Waals surface area contributed by atoms with Gasteiger partial charge in [-0.25, -0.2) is 0 Å². The molecule has 3 aromatic carbocycles. The maximum absolute atomic E-state index is 13.0. The lowest BCUT2D eigenvalue weighted by Crippen LogP contribution is -3.15. The molecule has 0 atom stereocenters. The number of fused-ring (bicyclic) bond motifs is 1. The molecule has 1 saturated heterocycles. The van der Waals surface area contributed by atoms with E-state index < -0.39 is 0 Å². The van der Waals surface area contributed by atoms with Gasteiger partial charge in [0.25, 0.3) is 11.8 Å². The third-order valence-electron chi connectivity index (χ3n) is 5.34. The Morgan fingerprint density at radius 3 is 2.41 bits per heavy atom. The molecule has 1 heterocycles. The van der Waals surface area contributed by atoms with E-state index in [9.17, 15) is 9.59 Å². The molecule has 0 radical (unpaired) electrons. The zero-order valence-electron chi connectivity index (χ0n) is 16.0. The second-order valence-electron chi connectivity index (χ2n) is 7.27. The summed E-state index contributed by atoms with van der Waals surface area (Å²) in [5.41, 5.74) is 1.37. The number of anilines is 1. The Kier molecular flexibility index (Phi) is 5.79. The van der Waals surface area contributed by atoms with Crippen LogP contribution in [0.15, 0.2) is 66.7 Å². The molecule has 4 rings (SSSR count). The number of para-hydroxylation sites is 1. The quantitative estimate of drug-likeness (QED) is 0.696. The lowest BCUT2D eigenvalue weighted by Gasteiger charge is -2.32. The van der Waals surface area contributed by atoms with Crippen molar-refractivity contribution in [3.05, 3.63) is 77.3 Å². The van der Waals surface area contributed by atoms with E-state index in [0.717, 1.165) is 34.3 Å². The highest BCUT2D eigenvalue weighted by molar-refractivity contribution is 6.33. The van der Waals surface area contributed by atoms with Gasteiger partial charge in [0, 0.05) is 5.56 Å². The third kappa shape index (κ3) is 4.42. The van der Waals surface area contributed by atoms with E-state index in [1.165, 1.54) is 0 Å². The average molecular weight is 409 g/mol. The molecule has 5 nitrogen and oxygen atoms in total. The molecule has 0 aliphatic carbocycles. The Bertz CT molecular complexity index is 1040. The monoisotopic (exact) mass is 408 g/mol. The first-order valence-electron chi connectivity index (χ1n) is 9.77. The number of nitrogens with zero attached hydrogens (tertiary/aromatic N) is 1. The molecular weight excluding hydrogens is 386 g/mol. The molecule has 0 spiro atoms. The molecule has 2 N–H and O–H groups in total. The number of piperazine rings is 1. The van der Waals surface area contributed by atoms with Crippen molar-refractivity contribution in [1.29, 1.82) is 0 Å². The summed E-state index contributed by atoms with van der Waals surface area (Å²) in [5.74, 6) is -0.0108. The molecule has 2 amide bonds. The number of nitrogens with one attached hydrogen (secondary N) is 2. The fourth-order valence-electron chi connectivity index (χ4n) is 3.77. The predicted octanol–water partition coefficient (Wildman–Crippen LogP) is 2.47. The van der Waals surface area contributed by atoms with Crippen LogP contribution in [0.25, 0.3) is 10.8 Å². The van der Waals surface area contributed by atoms with Crippen LogP contribution < -0.4 is 10.2 Å². The largest absolute Gasteiger partial charge is 0.327 e. The summed E-state index contributed by atoms with van der Waals surface area (Å²) in [6.45, 7) is 3.12. The number of hydrogen-bond donors (Lipinski definition) is 2. The summed E-state index contributed by atoms with van der Waals surface area (Å²) in [6, 6.07) is 21.0. The predicted molar refractivity (Wildman–Crippen MR) is 115 cm³/mol. The molecule has 3 aromatic rings. The van der Waals surface area contributed by atoms with Gasteiger partial charge in [0.05, 0.1) is 36.9 Å². The first-order valence-corrected chi connectivity index (χ1v) is 10.1. The number of quaternary nitrogens is 1. The van der Waals surface area contributed by atoms with Crippen molar-refractivity contribution in [3.8, 4) is 0 Å². The van der Waals surface area contributed by atoms with E-state index in [4.69, 9.17) is 11.6 Å². The van der Waals surface area contributed by atoms with Crippen LogP contribution in [-0.4, -0.2) is 49.4 Å². The van der Waals surface area contributed by atoms with Crippen LogP contribution >= 0.6 is 11.6 Å². The summed E-state index contributed by atoms with van der Waals surface area (Å²) in [7, 11) is 0. The van der Waals surface area contributed by atoms with Crippen molar-refractivity contribution < 1.29 is 14.5 Å². The van der Waals surface area contributed by atoms with Gasteiger partial charge in [-0.2, -0.15) is 0 Å². The van der Waals surface area contributed by atoms with Gasteiger partial charge >= 0.3 is 0 Å². The first-order chi connectivity index (χ1) is 14.1. The molecular formula is C23H23ClN3O2+. The smallest absolute Gasteiger partial charge is 0.279 e. The lowest BCUT2D eigenvalue weighted by molar-refractivity contribution is -0.895. The summed E-state index contributed by atoms with van der Waals surface area (Å²) in [4.78, 5) is 28.4. The summed E-state index contributed by atoms with van der Waals surface area (Å²) in [6.07, 6.45) is 0. The molecule has 0 saturated carbocycles. The fourth-order valence-corrected chi connectivity index (χ4v) is 3.95. The summed E-state index contributed by atoms with van der Waals surface area (Å²) >= 11 is 6.10. The Morgan fingerprint density at radius 2 is 1.62 bits per heavy atom. The normalized spacial score (nSPS) is 14.7. The average Bonchev–Trinajstić information content (AvgIpc) is 2.75. The van der Waals surface area contributed by atoms with Crippen molar-refractivity contribution in [2.24, 2.45) is 0 Å². The molecule has 1 aliphatic rings. The van der Waals surface area contributed by atoms with Crippen LogP contribution in [0.1, 0.15) is 10.4 Å². The van der Waals surface area contributed by atoms with Crippen LogP contribution in [0.5, 0.6) is 0 Å². The van der Waals surface area contributed by atoms with Crippen molar-refractivity contribution in [3.63, 3.8) is 0 Å². The van der Waals surface area contributed by atoms with Crippen LogP contribution in [-0.2, 0) is 4.79 Å². The van der Waals surface area contributed by atoms with Crippen molar-refractivity contribution in [2.45, 2.75) is 0 Å². The van der Waals surface area contributed by atoms with E-state index in [-0.39, 0.29) is 11.8 Å². The van der Waals surface area contributed by atoms with Gasteiger partial charge in [-0.15, -0.1) is 0 Å². The summed E-state index contributed by atoms with van der Waals surface area (Å²) in [5, 5.41) is 5.44. The number of carbonyl (C=O) groups is 2. The molecule has 148 valence electrons. The molecule has 29 heavy (non-hydrogen) atoms. The Balaban J connectivity index is 1.35. The number of rotatable bonds is 4. The SMILES string of the molecule is O=C(C[NH+]1CCN(C(=O)c2cccc3ccccc23)CC1)Nc1ccccc1Cl. The highest BCUT2D eigenvalue weighted by atomic mass is 35.5.